The predicted octanol–water partition coefficient (Wildman–Crippen LogP) is 1.56. The van der Waals surface area contributed by atoms with Gasteiger partial charge < -0.3 is 15.3 Å². The number of piperidine rings is 1. The van der Waals surface area contributed by atoms with Gasteiger partial charge in [0.1, 0.15) is 0 Å². The Morgan fingerprint density at radius 3 is 2.89 bits per heavy atom. The average Bonchev–Trinajstić information content (AvgIpc) is 2.40. The van der Waals surface area contributed by atoms with Crippen molar-refractivity contribution in [3.63, 3.8) is 0 Å². The van der Waals surface area contributed by atoms with E-state index in [9.17, 15) is 5.11 Å². The normalized spacial score (nSPS) is 19.6. The molecular weight excluding hydrogens is 244 g/mol. The van der Waals surface area contributed by atoms with Crippen LogP contribution < -0.4 is 5.32 Å². The van der Waals surface area contributed by atoms with Crippen LogP contribution in [0.5, 0.6) is 0 Å². The average molecular weight is 264 g/mol. The molecule has 1 unspecified atom stereocenters. The number of nitrogens with zero attached hydrogens (tertiary/aromatic N) is 1. The molecule has 1 saturated heterocycles. The topological polar surface area (TPSA) is 35.5 Å². The van der Waals surface area contributed by atoms with E-state index < -0.39 is 0 Å². The van der Waals surface area contributed by atoms with Crippen molar-refractivity contribution in [1.29, 1.82) is 0 Å². The molecule has 1 aliphatic heterocycles. The van der Waals surface area contributed by atoms with E-state index in [1.54, 1.807) is 0 Å². The van der Waals surface area contributed by atoms with E-state index in [0.29, 0.717) is 6.54 Å². The van der Waals surface area contributed by atoms with E-state index in [-0.39, 0.29) is 6.10 Å². The highest BCUT2D eigenvalue weighted by Gasteiger charge is 2.19. The van der Waals surface area contributed by atoms with Gasteiger partial charge in [0, 0.05) is 19.6 Å². The van der Waals surface area contributed by atoms with Gasteiger partial charge in [-0.2, -0.15) is 0 Å². The number of aliphatic hydroxyl groups excluding tert-OH is 1. The van der Waals surface area contributed by atoms with Gasteiger partial charge in [-0.1, -0.05) is 30.3 Å². The van der Waals surface area contributed by atoms with E-state index in [0.717, 1.165) is 37.5 Å². The second-order valence-corrected chi connectivity index (χ2v) is 5.10. The smallest absolute Gasteiger partial charge is 0.169 e. The Morgan fingerprint density at radius 2 is 2.17 bits per heavy atom. The molecule has 1 aromatic rings. The van der Waals surface area contributed by atoms with Gasteiger partial charge in [-0.25, -0.2) is 0 Å². The largest absolute Gasteiger partial charge is 0.391 e. The number of likely N-dealkylation sites (tertiary alicyclic amines) is 1. The third kappa shape index (κ3) is 3.96. The zero-order valence-corrected chi connectivity index (χ0v) is 11.3. The summed E-state index contributed by atoms with van der Waals surface area (Å²) < 4.78 is 0. The summed E-state index contributed by atoms with van der Waals surface area (Å²) in [4.78, 5) is 2.06. The molecule has 4 heteroatoms. The van der Waals surface area contributed by atoms with Crippen molar-refractivity contribution < 1.29 is 5.11 Å². The number of benzene rings is 1. The van der Waals surface area contributed by atoms with Gasteiger partial charge in [0.15, 0.2) is 5.11 Å². The fraction of sp³-hybridized carbons (Fsp3) is 0.500. The predicted molar refractivity (Wildman–Crippen MR) is 77.6 cm³/mol. The number of hydrogen-bond acceptors (Lipinski definition) is 2. The van der Waals surface area contributed by atoms with Crippen molar-refractivity contribution in [3.8, 4) is 0 Å². The molecule has 3 nitrogen and oxygen atoms in total. The highest BCUT2D eigenvalue weighted by atomic mass is 32.1. The van der Waals surface area contributed by atoms with Gasteiger partial charge >= 0.3 is 0 Å². The van der Waals surface area contributed by atoms with Crippen LogP contribution in [0.15, 0.2) is 30.3 Å². The quantitative estimate of drug-likeness (QED) is 0.812. The number of rotatable bonds is 3. The minimum atomic E-state index is -0.229. The van der Waals surface area contributed by atoms with Crippen LogP contribution in [-0.2, 0) is 6.42 Å². The second kappa shape index (κ2) is 6.71. The van der Waals surface area contributed by atoms with E-state index in [1.165, 1.54) is 5.56 Å². The van der Waals surface area contributed by atoms with Crippen LogP contribution in [0.2, 0.25) is 0 Å². The molecule has 0 amide bonds. The van der Waals surface area contributed by atoms with Crippen molar-refractivity contribution >= 4 is 17.3 Å². The molecule has 0 spiro atoms. The number of hydrogen-bond donors (Lipinski definition) is 2. The first-order valence-electron chi connectivity index (χ1n) is 6.50. The van der Waals surface area contributed by atoms with E-state index in [1.807, 2.05) is 6.07 Å². The molecule has 0 aliphatic carbocycles. The fourth-order valence-electron chi connectivity index (χ4n) is 2.21. The lowest BCUT2D eigenvalue weighted by atomic mass is 10.1. The molecule has 1 atom stereocenters. The van der Waals surface area contributed by atoms with Crippen LogP contribution in [0.4, 0.5) is 0 Å². The Bertz CT molecular complexity index is 383. The number of aliphatic hydroxyl groups is 1. The van der Waals surface area contributed by atoms with Crippen molar-refractivity contribution in [2.45, 2.75) is 25.4 Å². The summed E-state index contributed by atoms with van der Waals surface area (Å²) in [5.74, 6) is 0. The summed E-state index contributed by atoms with van der Waals surface area (Å²) in [6.07, 6.45) is 2.65. The van der Waals surface area contributed by atoms with Gasteiger partial charge in [-0.3, -0.25) is 0 Å². The highest BCUT2D eigenvalue weighted by Crippen LogP contribution is 2.09. The zero-order valence-electron chi connectivity index (χ0n) is 10.5. The van der Waals surface area contributed by atoms with E-state index >= 15 is 0 Å². The molecule has 18 heavy (non-hydrogen) atoms. The molecule has 1 aromatic carbocycles. The molecule has 1 aliphatic rings. The maximum atomic E-state index is 9.60. The molecule has 0 bridgehead atoms. The number of thiocarbonyl (C=S) groups is 1. The summed E-state index contributed by atoms with van der Waals surface area (Å²) in [6, 6.07) is 10.4. The summed E-state index contributed by atoms with van der Waals surface area (Å²) in [5.41, 5.74) is 1.31. The summed E-state index contributed by atoms with van der Waals surface area (Å²) >= 11 is 5.35. The van der Waals surface area contributed by atoms with Crippen molar-refractivity contribution in [3.05, 3.63) is 35.9 Å². The van der Waals surface area contributed by atoms with Gasteiger partial charge in [0.25, 0.3) is 0 Å². The Kier molecular flexibility index (Phi) is 4.96. The summed E-state index contributed by atoms with van der Waals surface area (Å²) in [5, 5.41) is 13.6. The maximum absolute atomic E-state index is 9.60. The fourth-order valence-corrected chi connectivity index (χ4v) is 2.48. The number of nitrogens with one attached hydrogen (secondary N) is 1. The van der Waals surface area contributed by atoms with Crippen LogP contribution >= 0.6 is 12.2 Å². The van der Waals surface area contributed by atoms with Gasteiger partial charge in [0.2, 0.25) is 0 Å². The first-order chi connectivity index (χ1) is 8.75. The first-order valence-corrected chi connectivity index (χ1v) is 6.91. The lowest BCUT2D eigenvalue weighted by Gasteiger charge is -2.32. The van der Waals surface area contributed by atoms with Crippen molar-refractivity contribution in [1.82, 2.24) is 10.2 Å². The molecule has 0 radical (unpaired) electrons. The Morgan fingerprint density at radius 1 is 1.39 bits per heavy atom. The third-order valence-corrected chi connectivity index (χ3v) is 3.62. The minimum absolute atomic E-state index is 0.229. The molecule has 1 heterocycles. The lowest BCUT2D eigenvalue weighted by Crippen LogP contribution is -2.47. The Labute approximate surface area is 114 Å². The molecule has 98 valence electrons. The molecular formula is C14H20N2OS. The van der Waals surface area contributed by atoms with E-state index in [4.69, 9.17) is 12.2 Å². The molecule has 0 aromatic heterocycles. The molecule has 0 saturated carbocycles. The minimum Gasteiger partial charge on any atom is -0.391 e. The Hall–Kier alpha value is -1.13. The van der Waals surface area contributed by atoms with Crippen molar-refractivity contribution in [2.75, 3.05) is 19.6 Å². The summed E-state index contributed by atoms with van der Waals surface area (Å²) in [6.45, 7) is 2.46. The second-order valence-electron chi connectivity index (χ2n) is 4.71. The SMILES string of the molecule is OC1CCCN(C(=S)NCCc2ccccc2)C1. The summed E-state index contributed by atoms with van der Waals surface area (Å²) in [7, 11) is 0. The van der Waals surface area contributed by atoms with E-state index in [2.05, 4.69) is 34.5 Å². The monoisotopic (exact) mass is 264 g/mol. The first kappa shape index (κ1) is 13.3. The lowest BCUT2D eigenvalue weighted by molar-refractivity contribution is 0.103. The highest BCUT2D eigenvalue weighted by molar-refractivity contribution is 7.80. The van der Waals surface area contributed by atoms with Crippen LogP contribution in [0, 0.1) is 0 Å². The third-order valence-electron chi connectivity index (χ3n) is 3.22. The van der Waals surface area contributed by atoms with Crippen LogP contribution in [0.25, 0.3) is 0 Å². The maximum Gasteiger partial charge on any atom is 0.169 e. The van der Waals surface area contributed by atoms with Crippen LogP contribution in [-0.4, -0.2) is 40.9 Å². The molecule has 2 rings (SSSR count). The van der Waals surface area contributed by atoms with Crippen molar-refractivity contribution in [2.24, 2.45) is 0 Å². The van der Waals surface area contributed by atoms with Crippen LogP contribution in [0.3, 0.4) is 0 Å². The molecule has 1 fully saturated rings. The van der Waals surface area contributed by atoms with Gasteiger partial charge in [-0.15, -0.1) is 0 Å². The standard InChI is InChI=1S/C14H20N2OS/c17-13-7-4-10-16(11-13)14(18)15-9-8-12-5-2-1-3-6-12/h1-3,5-6,13,17H,4,7-11H2,(H,15,18). The number of β-amino-alcohol motifs (C(OH)–C–C–N with tert-alkyl or cyclic N) is 1. The zero-order chi connectivity index (χ0) is 12.8. The molecule has 2 N–H and O–H groups in total. The van der Waals surface area contributed by atoms with Gasteiger partial charge in [0.05, 0.1) is 6.10 Å². The van der Waals surface area contributed by atoms with Crippen LogP contribution in [0.1, 0.15) is 18.4 Å². The van der Waals surface area contributed by atoms with Gasteiger partial charge in [-0.05, 0) is 37.0 Å². The Balaban J connectivity index is 1.71.